The lowest BCUT2D eigenvalue weighted by Crippen LogP contribution is -2.30. The minimum absolute atomic E-state index is 0.0367. The summed E-state index contributed by atoms with van der Waals surface area (Å²) in [5, 5.41) is 0. The molecule has 0 aliphatic heterocycles. The largest absolute Gasteiger partial charge is 0.438 e. The standard InChI is InChI=1S/C21H22NO6S/c1-5-22(29(25,26)27)20-11(2)15-17(23)18(24)16-12-7-6-10-21(3,4)14(12)9-8-13(16)19(15)28-20/h8-9H,1,5-7,10H2,2-4H3,(H,25,26,27). The molecule has 1 N–H and O–H groups in total. The Morgan fingerprint density at radius 3 is 2.48 bits per heavy atom. The van der Waals surface area contributed by atoms with E-state index in [1.54, 1.807) is 6.07 Å². The van der Waals surface area contributed by atoms with Crippen LogP contribution in [0.3, 0.4) is 0 Å². The van der Waals surface area contributed by atoms with E-state index >= 15 is 0 Å². The van der Waals surface area contributed by atoms with E-state index < -0.39 is 21.9 Å². The van der Waals surface area contributed by atoms with Crippen LogP contribution < -0.4 is 4.31 Å². The molecule has 153 valence electrons. The highest BCUT2D eigenvalue weighted by atomic mass is 32.2. The topological polar surface area (TPSA) is 105 Å². The molecule has 1 heterocycles. The number of hydrogen-bond donors (Lipinski definition) is 1. The number of ketones is 2. The predicted octanol–water partition coefficient (Wildman–Crippen LogP) is 3.69. The molecule has 2 aliphatic carbocycles. The third-order valence-corrected chi connectivity index (χ3v) is 6.91. The van der Waals surface area contributed by atoms with Crippen molar-refractivity contribution in [1.29, 1.82) is 0 Å². The number of hydrogen-bond acceptors (Lipinski definition) is 5. The van der Waals surface area contributed by atoms with Gasteiger partial charge in [0.2, 0.25) is 17.5 Å². The number of carbonyl (C=O) groups excluding carboxylic acids is 2. The molecule has 4 rings (SSSR count). The van der Waals surface area contributed by atoms with Crippen molar-refractivity contribution in [2.75, 3.05) is 10.8 Å². The first-order valence-corrected chi connectivity index (χ1v) is 10.8. The summed E-state index contributed by atoms with van der Waals surface area (Å²) in [6.45, 7) is 8.89. The third kappa shape index (κ3) is 2.77. The lowest BCUT2D eigenvalue weighted by molar-refractivity contribution is 0.0813. The van der Waals surface area contributed by atoms with Gasteiger partial charge in [-0.25, -0.2) is 4.31 Å². The Bertz CT molecular complexity index is 1170. The molecule has 0 amide bonds. The van der Waals surface area contributed by atoms with Gasteiger partial charge in [-0.05, 0) is 49.7 Å². The van der Waals surface area contributed by atoms with Gasteiger partial charge < -0.3 is 4.42 Å². The Hall–Kier alpha value is -2.45. The van der Waals surface area contributed by atoms with Gasteiger partial charge in [-0.3, -0.25) is 14.1 Å². The molecule has 0 unspecified atom stereocenters. The summed E-state index contributed by atoms with van der Waals surface area (Å²) in [6.07, 6.45) is 2.59. The Balaban J connectivity index is 2.01. The molecule has 29 heavy (non-hydrogen) atoms. The van der Waals surface area contributed by atoms with Crippen LogP contribution in [0.15, 0.2) is 16.5 Å². The molecule has 0 fully saturated rings. The maximum Gasteiger partial charge on any atom is 0.362 e. The van der Waals surface area contributed by atoms with E-state index in [1.165, 1.54) is 6.92 Å². The lowest BCUT2D eigenvalue weighted by Gasteiger charge is -2.34. The van der Waals surface area contributed by atoms with Crippen molar-refractivity contribution >= 4 is 27.8 Å². The molecule has 0 bridgehead atoms. The number of Topliss-reactive ketones (excluding diaryl/α,β-unsaturated/α-hetero) is 2. The van der Waals surface area contributed by atoms with Crippen LogP contribution in [0.2, 0.25) is 0 Å². The number of fused-ring (bicyclic) bond motifs is 5. The number of anilines is 1. The summed E-state index contributed by atoms with van der Waals surface area (Å²) in [5.74, 6) is -1.38. The minimum Gasteiger partial charge on any atom is -0.438 e. The Kier molecular flexibility index (Phi) is 4.29. The van der Waals surface area contributed by atoms with Crippen LogP contribution in [-0.4, -0.2) is 31.1 Å². The first-order valence-electron chi connectivity index (χ1n) is 9.42. The van der Waals surface area contributed by atoms with Crippen molar-refractivity contribution < 1.29 is 27.0 Å². The molecule has 2 aliphatic rings. The summed E-state index contributed by atoms with van der Waals surface area (Å²) in [7, 11) is -4.65. The van der Waals surface area contributed by atoms with E-state index in [2.05, 4.69) is 20.8 Å². The van der Waals surface area contributed by atoms with E-state index in [4.69, 9.17) is 4.42 Å². The highest BCUT2D eigenvalue weighted by molar-refractivity contribution is 7.87. The highest BCUT2D eigenvalue weighted by Crippen LogP contribution is 2.47. The zero-order chi connectivity index (χ0) is 21.3. The molecule has 0 saturated heterocycles. The van der Waals surface area contributed by atoms with Crippen molar-refractivity contribution in [3.8, 4) is 11.3 Å². The minimum atomic E-state index is -4.65. The van der Waals surface area contributed by atoms with Crippen LogP contribution in [0, 0.1) is 13.8 Å². The molecule has 1 aromatic heterocycles. The summed E-state index contributed by atoms with van der Waals surface area (Å²) in [5.41, 5.74) is 2.86. The molecule has 8 heteroatoms. The first-order chi connectivity index (χ1) is 13.5. The molecular formula is C21H22NO6S. The van der Waals surface area contributed by atoms with Crippen LogP contribution in [0.5, 0.6) is 0 Å². The van der Waals surface area contributed by atoms with Gasteiger partial charge in [0.1, 0.15) is 5.76 Å². The summed E-state index contributed by atoms with van der Waals surface area (Å²) < 4.78 is 39.3. The number of carbonyl (C=O) groups is 2. The molecule has 2 aromatic rings. The van der Waals surface area contributed by atoms with Crippen molar-refractivity contribution in [2.24, 2.45) is 0 Å². The number of furan rings is 1. The monoisotopic (exact) mass is 416 g/mol. The van der Waals surface area contributed by atoms with Crippen molar-refractivity contribution in [3.05, 3.63) is 46.9 Å². The summed E-state index contributed by atoms with van der Waals surface area (Å²) in [4.78, 5) is 26.0. The first kappa shape index (κ1) is 19.8. The second-order valence-corrected chi connectivity index (χ2v) is 9.53. The Morgan fingerprint density at radius 2 is 1.86 bits per heavy atom. The van der Waals surface area contributed by atoms with Gasteiger partial charge in [0.05, 0.1) is 5.56 Å². The van der Waals surface area contributed by atoms with Crippen molar-refractivity contribution in [2.45, 2.75) is 45.4 Å². The third-order valence-electron chi connectivity index (χ3n) is 6.01. The Labute approximate surface area is 169 Å². The average molecular weight is 416 g/mol. The van der Waals surface area contributed by atoms with Crippen molar-refractivity contribution in [1.82, 2.24) is 0 Å². The number of nitrogens with zero attached hydrogens (tertiary/aromatic N) is 1. The van der Waals surface area contributed by atoms with E-state index in [1.807, 2.05) is 6.07 Å². The summed E-state index contributed by atoms with van der Waals surface area (Å²) in [6, 6.07) is 3.72. The second kappa shape index (κ2) is 6.27. The zero-order valence-corrected chi connectivity index (χ0v) is 17.4. The zero-order valence-electron chi connectivity index (χ0n) is 16.5. The molecule has 7 nitrogen and oxygen atoms in total. The van der Waals surface area contributed by atoms with Crippen LogP contribution >= 0.6 is 0 Å². The van der Waals surface area contributed by atoms with Crippen LogP contribution in [0.25, 0.3) is 11.3 Å². The average Bonchev–Trinajstić information content (AvgIpc) is 2.95. The SMILES string of the molecule is [CH2]CN(c1oc2c(c1C)C(=O)C(=O)c1c-2ccc2c1CCCC2(C)C)S(=O)(=O)O. The van der Waals surface area contributed by atoms with Gasteiger partial charge >= 0.3 is 10.3 Å². The van der Waals surface area contributed by atoms with Gasteiger partial charge in [0.15, 0.2) is 0 Å². The fourth-order valence-electron chi connectivity index (χ4n) is 4.58. The van der Waals surface area contributed by atoms with E-state index in [0.717, 1.165) is 24.0 Å². The maximum atomic E-state index is 13.1. The smallest absolute Gasteiger partial charge is 0.362 e. The quantitative estimate of drug-likeness (QED) is 0.604. The molecule has 0 atom stereocenters. The van der Waals surface area contributed by atoms with Gasteiger partial charge in [-0.15, -0.1) is 0 Å². The maximum absolute atomic E-state index is 13.1. The summed E-state index contributed by atoms with van der Waals surface area (Å²) >= 11 is 0. The number of rotatable bonds is 3. The van der Waals surface area contributed by atoms with Gasteiger partial charge in [-0.2, -0.15) is 8.42 Å². The van der Waals surface area contributed by atoms with Crippen molar-refractivity contribution in [3.63, 3.8) is 0 Å². The predicted molar refractivity (Wildman–Crippen MR) is 108 cm³/mol. The fourth-order valence-corrected chi connectivity index (χ4v) is 5.20. The van der Waals surface area contributed by atoms with E-state index in [0.29, 0.717) is 21.9 Å². The van der Waals surface area contributed by atoms with E-state index in [9.17, 15) is 22.6 Å². The van der Waals surface area contributed by atoms with Gasteiger partial charge in [-0.1, -0.05) is 26.0 Å². The fraction of sp³-hybridized carbons (Fsp3) is 0.381. The second-order valence-electron chi connectivity index (χ2n) is 8.20. The van der Waals surface area contributed by atoms with Crippen LogP contribution in [-0.2, 0) is 22.1 Å². The molecule has 1 aromatic carbocycles. The molecule has 0 spiro atoms. The van der Waals surface area contributed by atoms with E-state index in [-0.39, 0.29) is 34.7 Å². The van der Waals surface area contributed by atoms with Gasteiger partial charge in [0.25, 0.3) is 0 Å². The van der Waals surface area contributed by atoms with Crippen LogP contribution in [0.4, 0.5) is 5.88 Å². The molecular weight excluding hydrogens is 394 g/mol. The number of benzene rings is 1. The van der Waals surface area contributed by atoms with Crippen LogP contribution in [0.1, 0.15) is 64.1 Å². The molecule has 0 saturated carbocycles. The highest BCUT2D eigenvalue weighted by Gasteiger charge is 2.41. The Morgan fingerprint density at radius 1 is 1.21 bits per heavy atom. The van der Waals surface area contributed by atoms with Gasteiger partial charge in [0, 0.05) is 23.2 Å². The lowest BCUT2D eigenvalue weighted by atomic mass is 9.69. The normalized spacial score (nSPS) is 17.6. The molecule has 1 radical (unpaired) electrons.